The summed E-state index contributed by atoms with van der Waals surface area (Å²) in [6, 6.07) is 14.3. The first-order chi connectivity index (χ1) is 17.1. The molecule has 0 bridgehead atoms. The van der Waals surface area contributed by atoms with Crippen LogP contribution in [0.15, 0.2) is 71.3 Å². The van der Waals surface area contributed by atoms with E-state index in [1.807, 2.05) is 20.8 Å². The molecule has 9 nitrogen and oxygen atoms in total. The molecule has 0 fully saturated rings. The van der Waals surface area contributed by atoms with Gasteiger partial charge in [0.25, 0.3) is 11.8 Å². The van der Waals surface area contributed by atoms with E-state index < -0.39 is 29.2 Å². The van der Waals surface area contributed by atoms with Crippen molar-refractivity contribution in [2.24, 2.45) is 0 Å². The molecule has 36 heavy (non-hydrogen) atoms. The van der Waals surface area contributed by atoms with Crippen LogP contribution in [0.3, 0.4) is 0 Å². The Kier molecular flexibility index (Phi) is 7.16. The fourth-order valence-electron chi connectivity index (χ4n) is 3.52. The third-order valence-electron chi connectivity index (χ3n) is 5.02. The number of tetrazole rings is 1. The standard InChI is InChI=1S/C25H24ClFN6O3/c1-25(2,3)28-24(35)22(20-5-4-14-36-20)33(19-12-8-17(26)9-13-19)21(34)15-32-30-23(29-31-32)16-6-10-18(27)11-7-16/h4-14,22H,15H2,1-3H3,(H,28,35). The molecule has 0 spiro atoms. The summed E-state index contributed by atoms with van der Waals surface area (Å²) in [5.41, 5.74) is 0.408. The Morgan fingerprint density at radius 3 is 2.42 bits per heavy atom. The van der Waals surface area contributed by atoms with E-state index in [4.69, 9.17) is 16.0 Å². The van der Waals surface area contributed by atoms with Crippen LogP contribution < -0.4 is 10.2 Å². The van der Waals surface area contributed by atoms with E-state index in [2.05, 4.69) is 20.7 Å². The van der Waals surface area contributed by atoms with E-state index >= 15 is 0 Å². The Morgan fingerprint density at radius 2 is 1.81 bits per heavy atom. The Bertz CT molecular complexity index is 1330. The predicted octanol–water partition coefficient (Wildman–Crippen LogP) is 4.41. The average Bonchev–Trinajstić information content (AvgIpc) is 3.50. The van der Waals surface area contributed by atoms with Crippen LogP contribution in [0.4, 0.5) is 10.1 Å². The zero-order chi connectivity index (χ0) is 25.9. The Balaban J connectivity index is 1.69. The summed E-state index contributed by atoms with van der Waals surface area (Å²) in [5, 5.41) is 15.6. The molecule has 2 amide bonds. The van der Waals surface area contributed by atoms with Crippen molar-refractivity contribution >= 4 is 29.1 Å². The minimum Gasteiger partial charge on any atom is -0.467 e. The maximum Gasteiger partial charge on any atom is 0.251 e. The average molecular weight is 511 g/mol. The van der Waals surface area contributed by atoms with Gasteiger partial charge in [-0.25, -0.2) is 4.39 Å². The number of nitrogens with one attached hydrogen (secondary N) is 1. The molecule has 0 aliphatic rings. The van der Waals surface area contributed by atoms with Gasteiger partial charge in [-0.3, -0.25) is 14.5 Å². The number of amides is 2. The third-order valence-corrected chi connectivity index (χ3v) is 5.27. The number of carbonyl (C=O) groups excluding carboxylic acids is 2. The zero-order valence-corrected chi connectivity index (χ0v) is 20.6. The van der Waals surface area contributed by atoms with E-state index in [-0.39, 0.29) is 18.1 Å². The number of furan rings is 1. The van der Waals surface area contributed by atoms with E-state index in [1.165, 1.54) is 35.4 Å². The normalized spacial score (nSPS) is 12.2. The van der Waals surface area contributed by atoms with Gasteiger partial charge in [-0.15, -0.1) is 10.2 Å². The summed E-state index contributed by atoms with van der Waals surface area (Å²) in [4.78, 5) is 29.6. The minimum absolute atomic E-state index is 0.230. The van der Waals surface area contributed by atoms with Crippen molar-refractivity contribution in [1.82, 2.24) is 25.5 Å². The van der Waals surface area contributed by atoms with Crippen LogP contribution in [0.5, 0.6) is 0 Å². The molecular formula is C25H24ClFN6O3. The van der Waals surface area contributed by atoms with Gasteiger partial charge in [-0.05, 0) is 86.6 Å². The molecule has 0 saturated heterocycles. The van der Waals surface area contributed by atoms with Crippen molar-refractivity contribution < 1.29 is 18.4 Å². The van der Waals surface area contributed by atoms with Gasteiger partial charge in [0.15, 0.2) is 6.04 Å². The smallest absolute Gasteiger partial charge is 0.251 e. The number of nitrogens with zero attached hydrogens (tertiary/aromatic N) is 5. The highest BCUT2D eigenvalue weighted by molar-refractivity contribution is 6.30. The van der Waals surface area contributed by atoms with Gasteiger partial charge in [-0.1, -0.05) is 11.6 Å². The number of hydrogen-bond acceptors (Lipinski definition) is 6. The highest BCUT2D eigenvalue weighted by atomic mass is 35.5. The highest BCUT2D eigenvalue weighted by Crippen LogP contribution is 2.30. The number of halogens is 2. The molecule has 1 N–H and O–H groups in total. The van der Waals surface area contributed by atoms with Crippen LogP contribution in [0.25, 0.3) is 11.4 Å². The van der Waals surface area contributed by atoms with Gasteiger partial charge >= 0.3 is 0 Å². The van der Waals surface area contributed by atoms with Crippen molar-refractivity contribution in [1.29, 1.82) is 0 Å². The molecule has 2 heterocycles. The van der Waals surface area contributed by atoms with Crippen LogP contribution >= 0.6 is 11.6 Å². The second-order valence-electron chi connectivity index (χ2n) is 9.05. The van der Waals surface area contributed by atoms with Crippen molar-refractivity contribution in [2.75, 3.05) is 4.90 Å². The predicted molar refractivity (Wildman–Crippen MR) is 131 cm³/mol. The lowest BCUT2D eigenvalue weighted by Crippen LogP contribution is -2.50. The second kappa shape index (κ2) is 10.3. The lowest BCUT2D eigenvalue weighted by atomic mass is 10.1. The minimum atomic E-state index is -1.12. The number of benzene rings is 2. The monoisotopic (exact) mass is 510 g/mol. The summed E-state index contributed by atoms with van der Waals surface area (Å²) in [7, 11) is 0. The van der Waals surface area contributed by atoms with Gasteiger partial charge in [0.2, 0.25) is 5.82 Å². The Hall–Kier alpha value is -4.05. The van der Waals surface area contributed by atoms with Gasteiger partial charge in [0, 0.05) is 21.8 Å². The first kappa shape index (κ1) is 25.1. The maximum atomic E-state index is 13.7. The van der Waals surface area contributed by atoms with Crippen LogP contribution in [0.1, 0.15) is 32.6 Å². The highest BCUT2D eigenvalue weighted by Gasteiger charge is 2.36. The number of rotatable bonds is 7. The molecule has 0 aliphatic heterocycles. The van der Waals surface area contributed by atoms with E-state index in [9.17, 15) is 14.0 Å². The first-order valence-electron chi connectivity index (χ1n) is 11.1. The molecule has 1 unspecified atom stereocenters. The van der Waals surface area contributed by atoms with Crippen molar-refractivity contribution in [3.8, 4) is 11.4 Å². The van der Waals surface area contributed by atoms with Gasteiger partial charge in [0.1, 0.15) is 18.1 Å². The van der Waals surface area contributed by atoms with E-state index in [0.29, 0.717) is 16.3 Å². The van der Waals surface area contributed by atoms with Gasteiger partial charge < -0.3 is 9.73 Å². The second-order valence-corrected chi connectivity index (χ2v) is 9.48. The molecule has 4 aromatic rings. The fourth-order valence-corrected chi connectivity index (χ4v) is 3.65. The van der Waals surface area contributed by atoms with E-state index in [1.54, 1.807) is 36.4 Å². The molecule has 4 rings (SSSR count). The molecular weight excluding hydrogens is 487 g/mol. The zero-order valence-electron chi connectivity index (χ0n) is 19.9. The third kappa shape index (κ3) is 5.95. The SMILES string of the molecule is CC(C)(C)NC(=O)C(c1ccco1)N(C(=O)Cn1nnc(-c2ccc(F)cc2)n1)c1ccc(Cl)cc1. The molecule has 1 atom stereocenters. The van der Waals surface area contributed by atoms with Crippen molar-refractivity contribution in [3.63, 3.8) is 0 Å². The number of carbonyl (C=O) groups is 2. The maximum absolute atomic E-state index is 13.7. The topological polar surface area (TPSA) is 106 Å². The van der Waals surface area contributed by atoms with Crippen LogP contribution in [-0.4, -0.2) is 37.6 Å². The molecule has 11 heteroatoms. The lowest BCUT2D eigenvalue weighted by Gasteiger charge is -2.32. The Morgan fingerprint density at radius 1 is 1.11 bits per heavy atom. The summed E-state index contributed by atoms with van der Waals surface area (Å²) in [5.74, 6) is -0.810. The first-order valence-corrected chi connectivity index (χ1v) is 11.5. The molecule has 2 aromatic carbocycles. The molecule has 0 saturated carbocycles. The molecule has 0 aliphatic carbocycles. The number of aromatic nitrogens is 4. The number of hydrogen-bond donors (Lipinski definition) is 1. The summed E-state index contributed by atoms with van der Waals surface area (Å²) in [6.07, 6.45) is 1.44. The molecule has 2 aromatic heterocycles. The summed E-state index contributed by atoms with van der Waals surface area (Å²) >= 11 is 6.07. The van der Waals surface area contributed by atoms with Gasteiger partial charge in [-0.2, -0.15) is 4.80 Å². The van der Waals surface area contributed by atoms with Crippen LogP contribution in [0, 0.1) is 5.82 Å². The van der Waals surface area contributed by atoms with Gasteiger partial charge in [0.05, 0.1) is 6.26 Å². The number of anilines is 1. The molecule has 186 valence electrons. The summed E-state index contributed by atoms with van der Waals surface area (Å²) < 4.78 is 18.8. The van der Waals surface area contributed by atoms with E-state index in [0.717, 1.165) is 4.80 Å². The quantitative estimate of drug-likeness (QED) is 0.394. The Labute approximate surface area is 211 Å². The van der Waals surface area contributed by atoms with Crippen LogP contribution in [0.2, 0.25) is 5.02 Å². The summed E-state index contributed by atoms with van der Waals surface area (Å²) in [6.45, 7) is 5.20. The molecule has 0 radical (unpaired) electrons. The van der Waals surface area contributed by atoms with Crippen molar-refractivity contribution in [2.45, 2.75) is 38.9 Å². The van der Waals surface area contributed by atoms with Crippen molar-refractivity contribution in [3.05, 3.63) is 83.5 Å². The largest absolute Gasteiger partial charge is 0.467 e. The fraction of sp³-hybridized carbons (Fsp3) is 0.240. The van der Waals surface area contributed by atoms with Crippen LogP contribution in [-0.2, 0) is 16.1 Å². The lowest BCUT2D eigenvalue weighted by molar-refractivity contribution is -0.128.